The van der Waals surface area contributed by atoms with Gasteiger partial charge in [-0.2, -0.15) is 0 Å². The lowest BCUT2D eigenvalue weighted by Gasteiger charge is -2.11. The van der Waals surface area contributed by atoms with Crippen LogP contribution in [0.25, 0.3) is 12.3 Å². The maximum atomic E-state index is 4.21. The van der Waals surface area contributed by atoms with E-state index in [0.29, 0.717) is 0 Å². The predicted octanol–water partition coefficient (Wildman–Crippen LogP) is 2.41. The van der Waals surface area contributed by atoms with Crippen LogP contribution in [0, 0.1) is 5.41 Å². The second-order valence-electron chi connectivity index (χ2n) is 3.66. The van der Waals surface area contributed by atoms with Gasteiger partial charge in [-0.25, -0.2) is 4.98 Å². The summed E-state index contributed by atoms with van der Waals surface area (Å²) in [5, 5.41) is 0. The summed E-state index contributed by atoms with van der Waals surface area (Å²) in [5.41, 5.74) is 0.140. The summed E-state index contributed by atoms with van der Waals surface area (Å²) < 4.78 is 2.02. The minimum atomic E-state index is 0.140. The molecule has 0 spiro atoms. The Labute approximate surface area is 72.2 Å². The number of rotatable bonds is 0. The van der Waals surface area contributed by atoms with Crippen molar-refractivity contribution >= 4 is 12.3 Å². The van der Waals surface area contributed by atoms with Crippen LogP contribution in [0.2, 0.25) is 0 Å². The van der Waals surface area contributed by atoms with Crippen molar-refractivity contribution < 1.29 is 0 Å². The molecule has 0 saturated carbocycles. The van der Waals surface area contributed by atoms with E-state index in [1.54, 1.807) is 0 Å². The molecule has 2 heterocycles. The number of hydrogen-bond donors (Lipinski definition) is 0. The first-order valence-corrected chi connectivity index (χ1v) is 4.09. The summed E-state index contributed by atoms with van der Waals surface area (Å²) in [7, 11) is 0. The highest BCUT2D eigenvalue weighted by atomic mass is 15.0. The van der Waals surface area contributed by atoms with Crippen LogP contribution in [-0.2, 0) is 0 Å². The number of hydrogen-bond acceptors (Lipinski definition) is 1. The molecule has 1 aromatic rings. The third kappa shape index (κ3) is 1.20. The van der Waals surface area contributed by atoms with Gasteiger partial charge < -0.3 is 4.57 Å². The quantitative estimate of drug-likeness (QED) is 0.570. The highest BCUT2D eigenvalue weighted by Gasteiger charge is 2.11. The average molecular weight is 160 g/mol. The second kappa shape index (κ2) is 2.34. The van der Waals surface area contributed by atoms with E-state index >= 15 is 0 Å². The van der Waals surface area contributed by atoms with Crippen molar-refractivity contribution in [3.05, 3.63) is 30.4 Å². The molecule has 1 aliphatic heterocycles. The SMILES string of the molecule is CC1(C)C=Cc2nccn2C=C1. The molecule has 0 N–H and O–H groups in total. The molecule has 0 radical (unpaired) electrons. The molecule has 0 bridgehead atoms. The summed E-state index contributed by atoms with van der Waals surface area (Å²) in [6, 6.07) is 0. The predicted molar refractivity (Wildman–Crippen MR) is 50.4 cm³/mol. The fourth-order valence-electron chi connectivity index (χ4n) is 1.20. The lowest BCUT2D eigenvalue weighted by molar-refractivity contribution is 0.632. The molecule has 1 aromatic heterocycles. The van der Waals surface area contributed by atoms with Gasteiger partial charge in [0, 0.05) is 24.0 Å². The number of nitrogens with zero attached hydrogens (tertiary/aromatic N) is 2. The largest absolute Gasteiger partial charge is 0.307 e. The highest BCUT2D eigenvalue weighted by molar-refractivity contribution is 5.50. The minimum Gasteiger partial charge on any atom is -0.307 e. The number of fused-ring (bicyclic) bond motifs is 1. The van der Waals surface area contributed by atoms with Gasteiger partial charge in [0.05, 0.1) is 0 Å². The van der Waals surface area contributed by atoms with Crippen LogP contribution in [0.4, 0.5) is 0 Å². The molecule has 0 aliphatic carbocycles. The van der Waals surface area contributed by atoms with Gasteiger partial charge in [-0.3, -0.25) is 0 Å². The van der Waals surface area contributed by atoms with Gasteiger partial charge in [-0.15, -0.1) is 0 Å². The normalized spacial score (nSPS) is 18.8. The molecular weight excluding hydrogens is 148 g/mol. The van der Waals surface area contributed by atoms with E-state index in [1.807, 2.05) is 17.0 Å². The van der Waals surface area contributed by atoms with Crippen molar-refractivity contribution in [2.45, 2.75) is 13.8 Å². The van der Waals surface area contributed by atoms with E-state index in [0.717, 1.165) is 5.82 Å². The van der Waals surface area contributed by atoms with Gasteiger partial charge in [-0.05, 0) is 6.08 Å². The van der Waals surface area contributed by atoms with E-state index in [1.165, 1.54) is 0 Å². The van der Waals surface area contributed by atoms with E-state index in [4.69, 9.17) is 0 Å². The highest BCUT2D eigenvalue weighted by Crippen LogP contribution is 2.23. The lowest BCUT2D eigenvalue weighted by Crippen LogP contribution is -2.00. The van der Waals surface area contributed by atoms with Crippen LogP contribution < -0.4 is 0 Å². The van der Waals surface area contributed by atoms with Gasteiger partial charge in [0.25, 0.3) is 0 Å². The van der Waals surface area contributed by atoms with E-state index in [9.17, 15) is 0 Å². The van der Waals surface area contributed by atoms with Crippen molar-refractivity contribution in [1.29, 1.82) is 0 Å². The fourth-order valence-corrected chi connectivity index (χ4v) is 1.20. The maximum Gasteiger partial charge on any atom is 0.136 e. The zero-order valence-electron chi connectivity index (χ0n) is 7.36. The second-order valence-corrected chi connectivity index (χ2v) is 3.66. The van der Waals surface area contributed by atoms with Gasteiger partial charge in [0.1, 0.15) is 5.82 Å². The molecule has 0 unspecified atom stereocenters. The Bertz CT molecular complexity index is 312. The third-order valence-corrected chi connectivity index (χ3v) is 2.03. The van der Waals surface area contributed by atoms with Crippen LogP contribution in [0.15, 0.2) is 24.5 Å². The standard InChI is InChI=1S/C10H12N2/c1-10(2)4-3-9-11-6-8-12(9)7-5-10/h3-8H,1-2H3. The van der Waals surface area contributed by atoms with Crippen LogP contribution in [0.3, 0.4) is 0 Å². The first kappa shape index (κ1) is 7.35. The summed E-state index contributed by atoms with van der Waals surface area (Å²) >= 11 is 0. The topological polar surface area (TPSA) is 17.8 Å². The molecule has 0 saturated heterocycles. The molecule has 2 nitrogen and oxygen atoms in total. The van der Waals surface area contributed by atoms with Crippen molar-refractivity contribution in [1.82, 2.24) is 9.55 Å². The van der Waals surface area contributed by atoms with Crippen molar-refractivity contribution in [2.24, 2.45) is 5.41 Å². The third-order valence-electron chi connectivity index (χ3n) is 2.03. The Morgan fingerprint density at radius 1 is 1.33 bits per heavy atom. The fraction of sp³-hybridized carbons (Fsp3) is 0.300. The van der Waals surface area contributed by atoms with Crippen molar-refractivity contribution in [3.63, 3.8) is 0 Å². The van der Waals surface area contributed by atoms with Crippen LogP contribution >= 0.6 is 0 Å². The molecule has 62 valence electrons. The molecule has 1 aliphatic rings. The first-order valence-electron chi connectivity index (χ1n) is 4.09. The van der Waals surface area contributed by atoms with E-state index in [-0.39, 0.29) is 5.41 Å². The van der Waals surface area contributed by atoms with E-state index in [2.05, 4.69) is 43.3 Å². The Morgan fingerprint density at radius 3 is 3.00 bits per heavy atom. The smallest absolute Gasteiger partial charge is 0.136 e. The summed E-state index contributed by atoms with van der Waals surface area (Å²) in [5.74, 6) is 0.997. The molecule has 0 aromatic carbocycles. The monoisotopic (exact) mass is 160 g/mol. The molecule has 2 heteroatoms. The summed E-state index contributed by atoms with van der Waals surface area (Å²) in [4.78, 5) is 4.21. The van der Waals surface area contributed by atoms with Gasteiger partial charge in [0.15, 0.2) is 0 Å². The van der Waals surface area contributed by atoms with Crippen LogP contribution in [0.1, 0.15) is 19.7 Å². The zero-order valence-corrected chi connectivity index (χ0v) is 7.36. The number of allylic oxidation sites excluding steroid dienone is 2. The minimum absolute atomic E-state index is 0.140. The van der Waals surface area contributed by atoms with Crippen molar-refractivity contribution in [3.8, 4) is 0 Å². The van der Waals surface area contributed by atoms with E-state index < -0.39 is 0 Å². The van der Waals surface area contributed by atoms with Gasteiger partial charge in [-0.1, -0.05) is 26.0 Å². The van der Waals surface area contributed by atoms with Crippen LogP contribution in [-0.4, -0.2) is 9.55 Å². The molecule has 0 fully saturated rings. The Hall–Kier alpha value is -1.31. The van der Waals surface area contributed by atoms with Crippen molar-refractivity contribution in [2.75, 3.05) is 0 Å². The molecular formula is C10H12N2. The van der Waals surface area contributed by atoms with Gasteiger partial charge in [0.2, 0.25) is 0 Å². The number of aromatic nitrogens is 2. The zero-order chi connectivity index (χ0) is 8.60. The Balaban J connectivity index is 2.49. The Kier molecular flexibility index (Phi) is 1.43. The molecule has 12 heavy (non-hydrogen) atoms. The molecule has 2 rings (SSSR count). The van der Waals surface area contributed by atoms with Crippen LogP contribution in [0.5, 0.6) is 0 Å². The van der Waals surface area contributed by atoms with Gasteiger partial charge >= 0.3 is 0 Å². The average Bonchev–Trinajstić information content (AvgIpc) is 2.40. The number of imidazole rings is 1. The molecule has 0 amide bonds. The molecule has 0 atom stereocenters. The first-order chi connectivity index (χ1) is 5.67. The Morgan fingerprint density at radius 2 is 2.17 bits per heavy atom. The maximum absolute atomic E-state index is 4.21. The lowest BCUT2D eigenvalue weighted by atomic mass is 9.93. The summed E-state index contributed by atoms with van der Waals surface area (Å²) in [6.07, 6.45) is 12.2. The summed E-state index contributed by atoms with van der Waals surface area (Å²) in [6.45, 7) is 4.35.